The fraction of sp³-hybridized carbons (Fsp3) is 0.500. The normalized spacial score (nSPS) is 21.2. The van der Waals surface area contributed by atoms with E-state index in [9.17, 15) is 4.79 Å². The van der Waals surface area contributed by atoms with Gasteiger partial charge in [-0.1, -0.05) is 0 Å². The van der Waals surface area contributed by atoms with Gasteiger partial charge >= 0.3 is 0 Å². The van der Waals surface area contributed by atoms with Crippen molar-refractivity contribution < 1.29 is 4.79 Å². The highest BCUT2D eigenvalue weighted by Crippen LogP contribution is 2.26. The number of pyridine rings is 1. The number of piperidine rings is 1. The fourth-order valence-corrected chi connectivity index (χ4v) is 3.74. The highest BCUT2D eigenvalue weighted by atomic mass is 16.2. The number of H-pyrrole nitrogens is 1. The standard InChI is InChI=1S/C18H23N5O/c24-18(14-5-6-17(19-12-14)22-9-1-2-10-22)23-11-3-4-15(13-23)16-7-8-20-21-16/h5-8,12,15H,1-4,9-11,13H2,(H,20,21)/t15-/m0/s1. The molecule has 0 radical (unpaired) electrons. The number of amides is 1. The van der Waals surface area contributed by atoms with Crippen LogP contribution < -0.4 is 4.90 Å². The zero-order valence-electron chi connectivity index (χ0n) is 13.8. The zero-order valence-corrected chi connectivity index (χ0v) is 13.8. The van der Waals surface area contributed by atoms with Crippen molar-refractivity contribution in [3.63, 3.8) is 0 Å². The van der Waals surface area contributed by atoms with Crippen molar-refractivity contribution in [2.24, 2.45) is 0 Å². The van der Waals surface area contributed by atoms with Gasteiger partial charge in [0.2, 0.25) is 0 Å². The van der Waals surface area contributed by atoms with Crippen molar-refractivity contribution in [3.8, 4) is 0 Å². The zero-order chi connectivity index (χ0) is 16.4. The summed E-state index contributed by atoms with van der Waals surface area (Å²) < 4.78 is 0. The third kappa shape index (κ3) is 3.00. The fourth-order valence-electron chi connectivity index (χ4n) is 3.74. The number of rotatable bonds is 3. The van der Waals surface area contributed by atoms with E-state index in [0.717, 1.165) is 50.5 Å². The molecule has 2 saturated heterocycles. The Morgan fingerprint density at radius 2 is 2.00 bits per heavy atom. The van der Waals surface area contributed by atoms with Crippen molar-refractivity contribution in [2.75, 3.05) is 31.1 Å². The molecule has 0 aliphatic carbocycles. The SMILES string of the molecule is O=C(c1ccc(N2CCCC2)nc1)N1CCC[C@H](c2ccn[nH]2)C1. The van der Waals surface area contributed by atoms with E-state index in [2.05, 4.69) is 20.1 Å². The van der Waals surface area contributed by atoms with Crippen LogP contribution in [0.2, 0.25) is 0 Å². The van der Waals surface area contributed by atoms with Gasteiger partial charge in [-0.3, -0.25) is 9.89 Å². The molecule has 6 heteroatoms. The van der Waals surface area contributed by atoms with Crippen LogP contribution in [0.1, 0.15) is 47.7 Å². The average molecular weight is 325 g/mol. The molecule has 1 N–H and O–H groups in total. The molecule has 2 fully saturated rings. The van der Waals surface area contributed by atoms with Gasteiger partial charge in [-0.25, -0.2) is 4.98 Å². The molecular formula is C18H23N5O. The average Bonchev–Trinajstić information content (AvgIpc) is 3.35. The Bertz CT molecular complexity index is 676. The van der Waals surface area contributed by atoms with E-state index in [1.54, 1.807) is 12.4 Å². The monoisotopic (exact) mass is 325 g/mol. The Balaban J connectivity index is 1.44. The number of nitrogens with zero attached hydrogens (tertiary/aromatic N) is 4. The van der Waals surface area contributed by atoms with E-state index < -0.39 is 0 Å². The Morgan fingerprint density at radius 1 is 1.12 bits per heavy atom. The van der Waals surface area contributed by atoms with Gasteiger partial charge < -0.3 is 9.80 Å². The molecule has 4 rings (SSSR count). The largest absolute Gasteiger partial charge is 0.357 e. The molecule has 0 saturated carbocycles. The van der Waals surface area contributed by atoms with Crippen molar-refractivity contribution in [3.05, 3.63) is 41.9 Å². The summed E-state index contributed by atoms with van der Waals surface area (Å²) in [7, 11) is 0. The molecule has 0 unspecified atom stereocenters. The van der Waals surface area contributed by atoms with Gasteiger partial charge in [-0.15, -0.1) is 0 Å². The molecule has 4 heterocycles. The van der Waals surface area contributed by atoms with Crippen LogP contribution in [0.5, 0.6) is 0 Å². The number of hydrogen-bond donors (Lipinski definition) is 1. The molecule has 0 spiro atoms. The van der Waals surface area contributed by atoms with Crippen LogP contribution in [-0.4, -0.2) is 52.2 Å². The van der Waals surface area contributed by atoms with Crippen LogP contribution in [0.3, 0.4) is 0 Å². The van der Waals surface area contributed by atoms with E-state index in [4.69, 9.17) is 0 Å². The van der Waals surface area contributed by atoms with Crippen LogP contribution in [0.25, 0.3) is 0 Å². The maximum absolute atomic E-state index is 12.8. The van der Waals surface area contributed by atoms with Gasteiger partial charge in [0.05, 0.1) is 5.56 Å². The Hall–Kier alpha value is -2.37. The van der Waals surface area contributed by atoms with Crippen molar-refractivity contribution in [2.45, 2.75) is 31.6 Å². The van der Waals surface area contributed by atoms with Crippen LogP contribution in [0, 0.1) is 0 Å². The van der Waals surface area contributed by atoms with Crippen molar-refractivity contribution in [1.29, 1.82) is 0 Å². The first kappa shape index (κ1) is 15.2. The Labute approximate surface area is 141 Å². The number of aromatic nitrogens is 3. The molecule has 1 amide bonds. The first-order chi connectivity index (χ1) is 11.8. The van der Waals surface area contributed by atoms with Crippen LogP contribution in [0.15, 0.2) is 30.6 Å². The highest BCUT2D eigenvalue weighted by molar-refractivity contribution is 5.94. The summed E-state index contributed by atoms with van der Waals surface area (Å²) in [6.45, 7) is 3.70. The predicted octanol–water partition coefficient (Wildman–Crippen LogP) is 2.42. The second-order valence-corrected chi connectivity index (χ2v) is 6.70. The number of carbonyl (C=O) groups excluding carboxylic acids is 1. The molecule has 126 valence electrons. The molecule has 24 heavy (non-hydrogen) atoms. The lowest BCUT2D eigenvalue weighted by Gasteiger charge is -2.32. The Kier molecular flexibility index (Phi) is 4.19. The van der Waals surface area contributed by atoms with Gasteiger partial charge in [-0.05, 0) is 43.9 Å². The number of nitrogens with one attached hydrogen (secondary N) is 1. The number of likely N-dealkylation sites (tertiary alicyclic amines) is 1. The third-order valence-electron chi connectivity index (χ3n) is 5.10. The smallest absolute Gasteiger partial charge is 0.255 e. The minimum Gasteiger partial charge on any atom is -0.357 e. The molecule has 6 nitrogen and oxygen atoms in total. The van der Waals surface area contributed by atoms with Gasteiger partial charge in [0.1, 0.15) is 5.82 Å². The first-order valence-electron chi connectivity index (χ1n) is 8.81. The lowest BCUT2D eigenvalue weighted by atomic mass is 9.94. The minimum absolute atomic E-state index is 0.0830. The van der Waals surface area contributed by atoms with E-state index >= 15 is 0 Å². The van der Waals surface area contributed by atoms with E-state index in [-0.39, 0.29) is 5.91 Å². The summed E-state index contributed by atoms with van der Waals surface area (Å²) in [6.07, 6.45) is 8.08. The van der Waals surface area contributed by atoms with E-state index in [1.807, 2.05) is 23.1 Å². The second-order valence-electron chi connectivity index (χ2n) is 6.70. The molecule has 2 aromatic rings. The quantitative estimate of drug-likeness (QED) is 0.941. The molecule has 2 aliphatic heterocycles. The summed E-state index contributed by atoms with van der Waals surface area (Å²) >= 11 is 0. The third-order valence-corrected chi connectivity index (χ3v) is 5.10. The van der Waals surface area contributed by atoms with E-state index in [0.29, 0.717) is 11.5 Å². The highest BCUT2D eigenvalue weighted by Gasteiger charge is 2.26. The molecule has 2 aliphatic rings. The van der Waals surface area contributed by atoms with Crippen molar-refractivity contribution in [1.82, 2.24) is 20.1 Å². The minimum atomic E-state index is 0.0830. The van der Waals surface area contributed by atoms with Gasteiger partial charge in [-0.2, -0.15) is 5.10 Å². The Morgan fingerprint density at radius 3 is 2.71 bits per heavy atom. The molecule has 2 aromatic heterocycles. The van der Waals surface area contributed by atoms with Crippen molar-refractivity contribution >= 4 is 11.7 Å². The van der Waals surface area contributed by atoms with Gasteiger partial charge in [0.15, 0.2) is 0 Å². The van der Waals surface area contributed by atoms with Crippen LogP contribution >= 0.6 is 0 Å². The molecule has 1 atom stereocenters. The summed E-state index contributed by atoms with van der Waals surface area (Å²) in [5.74, 6) is 1.42. The first-order valence-corrected chi connectivity index (χ1v) is 8.81. The predicted molar refractivity (Wildman–Crippen MR) is 92.2 cm³/mol. The second kappa shape index (κ2) is 6.63. The van der Waals surface area contributed by atoms with Gasteiger partial charge in [0.25, 0.3) is 5.91 Å². The van der Waals surface area contributed by atoms with Gasteiger partial charge in [0, 0.05) is 50.2 Å². The summed E-state index contributed by atoms with van der Waals surface area (Å²) in [6, 6.07) is 5.91. The topological polar surface area (TPSA) is 65.1 Å². The number of hydrogen-bond acceptors (Lipinski definition) is 4. The summed E-state index contributed by atoms with van der Waals surface area (Å²) in [5, 5.41) is 7.07. The lowest BCUT2D eigenvalue weighted by molar-refractivity contribution is 0.0705. The van der Waals surface area contributed by atoms with E-state index in [1.165, 1.54) is 12.8 Å². The molecule has 0 bridgehead atoms. The van der Waals surface area contributed by atoms with Crippen LogP contribution in [-0.2, 0) is 0 Å². The lowest BCUT2D eigenvalue weighted by Crippen LogP contribution is -2.39. The summed E-state index contributed by atoms with van der Waals surface area (Å²) in [4.78, 5) is 21.5. The van der Waals surface area contributed by atoms with Crippen LogP contribution in [0.4, 0.5) is 5.82 Å². The number of aromatic amines is 1. The maximum Gasteiger partial charge on any atom is 0.255 e. The maximum atomic E-state index is 12.8. The molecule has 0 aromatic carbocycles. The number of carbonyl (C=O) groups is 1. The number of anilines is 1. The summed E-state index contributed by atoms with van der Waals surface area (Å²) in [5.41, 5.74) is 1.80. The molecular weight excluding hydrogens is 302 g/mol.